The molecule has 4 rings (SSSR count). The van der Waals surface area contributed by atoms with Gasteiger partial charge in [-0.3, -0.25) is 4.79 Å². The zero-order valence-electron chi connectivity index (χ0n) is 15.4. The highest BCUT2D eigenvalue weighted by Crippen LogP contribution is 2.62. The number of aliphatic hydroxyl groups is 1. The van der Waals surface area contributed by atoms with Crippen molar-refractivity contribution in [2.45, 2.75) is 76.9 Å². The molecule has 1 aromatic rings. The van der Waals surface area contributed by atoms with Crippen LogP contribution >= 0.6 is 0 Å². The topological polar surface area (TPSA) is 71.2 Å². The van der Waals surface area contributed by atoms with Crippen molar-refractivity contribution in [2.24, 2.45) is 11.3 Å². The zero-order chi connectivity index (χ0) is 17.7. The molecule has 1 aromatic heterocycles. The first kappa shape index (κ1) is 17.0. The van der Waals surface area contributed by atoms with Crippen molar-refractivity contribution < 1.29 is 9.90 Å². The SMILES string of the molecule is CC(C)(O)c1cn(C2CCN(C(=O)C3CC34CCCCC4)CC2)nn1. The number of carbonyl (C=O) groups excluding carboxylic acids is 1. The van der Waals surface area contributed by atoms with Crippen LogP contribution in [0.1, 0.15) is 76.9 Å². The van der Waals surface area contributed by atoms with Crippen LogP contribution in [0.15, 0.2) is 6.20 Å². The van der Waals surface area contributed by atoms with E-state index in [9.17, 15) is 9.90 Å². The summed E-state index contributed by atoms with van der Waals surface area (Å²) in [5.74, 6) is 0.702. The molecule has 3 aliphatic rings. The lowest BCUT2D eigenvalue weighted by Crippen LogP contribution is -2.41. The fourth-order valence-electron chi connectivity index (χ4n) is 4.81. The van der Waals surface area contributed by atoms with Crippen LogP contribution in [0.3, 0.4) is 0 Å². The van der Waals surface area contributed by atoms with E-state index in [0.29, 0.717) is 22.9 Å². The van der Waals surface area contributed by atoms with Gasteiger partial charge in [0.1, 0.15) is 11.3 Å². The molecule has 0 bridgehead atoms. The molecular weight excluding hydrogens is 316 g/mol. The number of rotatable bonds is 3. The normalized spacial score (nSPS) is 26.8. The third-order valence-corrected chi connectivity index (χ3v) is 6.62. The van der Waals surface area contributed by atoms with Gasteiger partial charge in [-0.05, 0) is 51.4 Å². The van der Waals surface area contributed by atoms with Gasteiger partial charge in [-0.15, -0.1) is 5.10 Å². The summed E-state index contributed by atoms with van der Waals surface area (Å²) in [6.45, 7) is 5.07. The molecule has 0 aromatic carbocycles. The van der Waals surface area contributed by atoms with E-state index in [1.54, 1.807) is 13.8 Å². The Hall–Kier alpha value is -1.43. The average molecular weight is 346 g/mol. The lowest BCUT2D eigenvalue weighted by Gasteiger charge is -2.33. The Kier molecular flexibility index (Phi) is 4.13. The Bertz CT molecular complexity index is 634. The smallest absolute Gasteiger partial charge is 0.226 e. The van der Waals surface area contributed by atoms with E-state index in [2.05, 4.69) is 15.2 Å². The first-order chi connectivity index (χ1) is 11.9. The van der Waals surface area contributed by atoms with Gasteiger partial charge in [0.15, 0.2) is 0 Å². The molecule has 2 heterocycles. The number of likely N-dealkylation sites (tertiary alicyclic amines) is 1. The number of carbonyl (C=O) groups is 1. The van der Waals surface area contributed by atoms with E-state index in [0.717, 1.165) is 32.4 Å². The van der Waals surface area contributed by atoms with Crippen LogP contribution < -0.4 is 0 Å². The van der Waals surface area contributed by atoms with Gasteiger partial charge in [0, 0.05) is 19.0 Å². The van der Waals surface area contributed by atoms with Crippen LogP contribution in [0, 0.1) is 11.3 Å². The summed E-state index contributed by atoms with van der Waals surface area (Å²) in [5, 5.41) is 18.3. The third-order valence-electron chi connectivity index (χ3n) is 6.62. The summed E-state index contributed by atoms with van der Waals surface area (Å²) in [7, 11) is 0. The summed E-state index contributed by atoms with van der Waals surface area (Å²) in [6, 6.07) is 0.274. The fraction of sp³-hybridized carbons (Fsp3) is 0.842. The van der Waals surface area contributed by atoms with Gasteiger partial charge in [-0.2, -0.15) is 0 Å². The lowest BCUT2D eigenvalue weighted by molar-refractivity contribution is -0.135. The maximum Gasteiger partial charge on any atom is 0.226 e. The van der Waals surface area contributed by atoms with Crippen LogP contribution in [-0.2, 0) is 10.4 Å². The van der Waals surface area contributed by atoms with Gasteiger partial charge in [0.05, 0.1) is 12.2 Å². The van der Waals surface area contributed by atoms with Gasteiger partial charge < -0.3 is 10.0 Å². The number of hydrogen-bond acceptors (Lipinski definition) is 4. The second kappa shape index (κ2) is 6.08. The van der Waals surface area contributed by atoms with Gasteiger partial charge >= 0.3 is 0 Å². The monoisotopic (exact) mass is 346 g/mol. The largest absolute Gasteiger partial charge is 0.384 e. The van der Waals surface area contributed by atoms with Crippen molar-refractivity contribution in [2.75, 3.05) is 13.1 Å². The van der Waals surface area contributed by atoms with Gasteiger partial charge in [-0.1, -0.05) is 24.5 Å². The Morgan fingerprint density at radius 3 is 2.52 bits per heavy atom. The molecule has 138 valence electrons. The lowest BCUT2D eigenvalue weighted by atomic mass is 9.84. The van der Waals surface area contributed by atoms with Gasteiger partial charge in [-0.25, -0.2) is 4.68 Å². The van der Waals surface area contributed by atoms with E-state index in [-0.39, 0.29) is 6.04 Å². The summed E-state index contributed by atoms with van der Waals surface area (Å²) < 4.78 is 1.87. The van der Waals surface area contributed by atoms with E-state index in [1.165, 1.54) is 32.1 Å². The van der Waals surface area contributed by atoms with Crippen molar-refractivity contribution in [1.29, 1.82) is 0 Å². The van der Waals surface area contributed by atoms with Crippen LogP contribution in [0.2, 0.25) is 0 Å². The molecule has 6 heteroatoms. The van der Waals surface area contributed by atoms with Crippen LogP contribution in [-0.4, -0.2) is 44.0 Å². The van der Waals surface area contributed by atoms with E-state index < -0.39 is 5.60 Å². The number of nitrogens with zero attached hydrogens (tertiary/aromatic N) is 4. The number of amides is 1. The highest BCUT2D eigenvalue weighted by atomic mass is 16.3. The van der Waals surface area contributed by atoms with Crippen molar-refractivity contribution in [3.05, 3.63) is 11.9 Å². The van der Waals surface area contributed by atoms with E-state index >= 15 is 0 Å². The summed E-state index contributed by atoms with van der Waals surface area (Å²) in [5.41, 5.74) is 0.0118. The molecular formula is C19H30N4O2. The molecule has 1 aliphatic heterocycles. The van der Waals surface area contributed by atoms with Crippen LogP contribution in [0.5, 0.6) is 0 Å². The molecule has 1 amide bonds. The summed E-state index contributed by atoms with van der Waals surface area (Å²) in [4.78, 5) is 15.0. The number of piperidine rings is 1. The predicted molar refractivity (Wildman–Crippen MR) is 93.7 cm³/mol. The molecule has 1 spiro atoms. The van der Waals surface area contributed by atoms with Crippen LogP contribution in [0.25, 0.3) is 0 Å². The van der Waals surface area contributed by atoms with Crippen molar-refractivity contribution in [3.63, 3.8) is 0 Å². The maximum atomic E-state index is 12.9. The second-order valence-electron chi connectivity index (χ2n) is 8.88. The highest BCUT2D eigenvalue weighted by molar-refractivity contribution is 5.82. The minimum Gasteiger partial charge on any atom is -0.384 e. The fourth-order valence-corrected chi connectivity index (χ4v) is 4.81. The zero-order valence-corrected chi connectivity index (χ0v) is 15.4. The molecule has 1 unspecified atom stereocenters. The van der Waals surface area contributed by atoms with Crippen molar-refractivity contribution in [1.82, 2.24) is 19.9 Å². The Labute approximate surface area is 149 Å². The standard InChI is InChI=1S/C19H30N4O2/c1-18(2,25)16-13-23(21-20-16)14-6-10-22(11-7-14)17(24)15-12-19(15)8-4-3-5-9-19/h13-15,25H,3-12H2,1-2H3. The Morgan fingerprint density at radius 2 is 1.92 bits per heavy atom. The molecule has 1 saturated heterocycles. The molecule has 2 aliphatic carbocycles. The minimum absolute atomic E-state index is 0.274. The highest BCUT2D eigenvalue weighted by Gasteiger charge is 2.58. The molecule has 2 saturated carbocycles. The summed E-state index contributed by atoms with van der Waals surface area (Å²) >= 11 is 0. The molecule has 25 heavy (non-hydrogen) atoms. The quantitative estimate of drug-likeness (QED) is 0.913. The Balaban J connectivity index is 1.33. The molecule has 1 atom stereocenters. The number of hydrogen-bond donors (Lipinski definition) is 1. The molecule has 0 radical (unpaired) electrons. The van der Waals surface area contributed by atoms with Gasteiger partial charge in [0.25, 0.3) is 0 Å². The first-order valence-electron chi connectivity index (χ1n) is 9.83. The minimum atomic E-state index is -0.963. The first-order valence-corrected chi connectivity index (χ1v) is 9.83. The average Bonchev–Trinajstić information content (AvgIpc) is 3.06. The maximum absolute atomic E-state index is 12.9. The van der Waals surface area contributed by atoms with Crippen molar-refractivity contribution >= 4 is 5.91 Å². The Morgan fingerprint density at radius 1 is 1.24 bits per heavy atom. The second-order valence-corrected chi connectivity index (χ2v) is 8.88. The third kappa shape index (κ3) is 3.21. The van der Waals surface area contributed by atoms with Crippen LogP contribution in [0.4, 0.5) is 0 Å². The summed E-state index contributed by atoms with van der Waals surface area (Å²) in [6.07, 6.45) is 11.3. The number of aromatic nitrogens is 3. The molecule has 6 nitrogen and oxygen atoms in total. The van der Waals surface area contributed by atoms with E-state index in [1.807, 2.05) is 10.9 Å². The van der Waals surface area contributed by atoms with Gasteiger partial charge in [0.2, 0.25) is 5.91 Å². The van der Waals surface area contributed by atoms with Crippen molar-refractivity contribution in [3.8, 4) is 0 Å². The molecule has 1 N–H and O–H groups in total. The van der Waals surface area contributed by atoms with E-state index in [4.69, 9.17) is 0 Å². The molecule has 3 fully saturated rings. The predicted octanol–water partition coefficient (Wildman–Crippen LogP) is 2.64.